The summed E-state index contributed by atoms with van der Waals surface area (Å²) in [6.45, 7) is 7.78. The maximum Gasteiger partial charge on any atom is 0.0113 e. The predicted octanol–water partition coefficient (Wildman–Crippen LogP) is 2.33. The Morgan fingerprint density at radius 2 is 1.58 bits per heavy atom. The summed E-state index contributed by atoms with van der Waals surface area (Å²) in [5.41, 5.74) is 0. The Kier molecular flexibility index (Phi) is 7.18. The molecule has 3 nitrogen and oxygen atoms in total. The molecule has 1 saturated carbocycles. The normalized spacial score (nSPS) is 23.2. The van der Waals surface area contributed by atoms with Gasteiger partial charge in [0, 0.05) is 32.2 Å². The minimum absolute atomic E-state index is 0.934. The van der Waals surface area contributed by atoms with Gasteiger partial charge in [0.1, 0.15) is 0 Å². The van der Waals surface area contributed by atoms with Gasteiger partial charge < -0.3 is 10.2 Å². The monoisotopic (exact) mass is 267 g/mol. The summed E-state index contributed by atoms with van der Waals surface area (Å²) < 4.78 is 0. The minimum Gasteiger partial charge on any atom is -0.320 e. The molecule has 19 heavy (non-hydrogen) atoms. The van der Waals surface area contributed by atoms with Crippen LogP contribution in [-0.4, -0.2) is 62.2 Å². The molecule has 0 radical (unpaired) electrons. The third-order valence-electron chi connectivity index (χ3n) is 4.90. The van der Waals surface area contributed by atoms with Gasteiger partial charge in [-0.2, -0.15) is 0 Å². The van der Waals surface area contributed by atoms with Crippen molar-refractivity contribution in [2.45, 2.75) is 57.4 Å². The maximum atomic E-state index is 3.22. The first-order valence-corrected chi connectivity index (χ1v) is 8.51. The summed E-state index contributed by atoms with van der Waals surface area (Å²) in [6.07, 6.45) is 11.4. The van der Waals surface area contributed by atoms with Crippen LogP contribution in [0.5, 0.6) is 0 Å². The first-order valence-electron chi connectivity index (χ1n) is 8.51. The van der Waals surface area contributed by atoms with E-state index < -0.39 is 0 Å². The molecule has 3 heteroatoms. The Bertz CT molecular complexity index is 218. The zero-order valence-electron chi connectivity index (χ0n) is 12.9. The summed E-state index contributed by atoms with van der Waals surface area (Å²) in [4.78, 5) is 5.44. The quantitative estimate of drug-likeness (QED) is 0.681. The van der Waals surface area contributed by atoms with E-state index in [9.17, 15) is 0 Å². The van der Waals surface area contributed by atoms with Crippen molar-refractivity contribution in [2.75, 3.05) is 46.3 Å². The lowest BCUT2D eigenvalue weighted by Crippen LogP contribution is -2.49. The maximum absolute atomic E-state index is 3.22. The Morgan fingerprint density at radius 1 is 0.895 bits per heavy atom. The number of rotatable bonds is 8. The van der Waals surface area contributed by atoms with Gasteiger partial charge in [-0.25, -0.2) is 0 Å². The molecule has 0 amide bonds. The standard InChI is InChI=1S/C16H33N3/c1-17-10-6-2-3-7-11-18-12-14-19(15-13-18)16-8-4-5-9-16/h16-17H,2-15H2,1H3. The molecular formula is C16H33N3. The molecule has 0 aromatic carbocycles. The molecule has 1 N–H and O–H groups in total. The Balaban J connectivity index is 1.49. The highest BCUT2D eigenvalue weighted by Crippen LogP contribution is 2.24. The highest BCUT2D eigenvalue weighted by molar-refractivity contribution is 4.81. The van der Waals surface area contributed by atoms with E-state index in [2.05, 4.69) is 15.1 Å². The molecule has 0 aromatic heterocycles. The van der Waals surface area contributed by atoms with Gasteiger partial charge in [0.15, 0.2) is 0 Å². The second-order valence-electron chi connectivity index (χ2n) is 6.33. The molecule has 1 aliphatic heterocycles. The smallest absolute Gasteiger partial charge is 0.0113 e. The van der Waals surface area contributed by atoms with E-state index >= 15 is 0 Å². The van der Waals surface area contributed by atoms with Crippen LogP contribution in [0.25, 0.3) is 0 Å². The van der Waals surface area contributed by atoms with E-state index in [4.69, 9.17) is 0 Å². The van der Waals surface area contributed by atoms with Crippen LogP contribution in [0.1, 0.15) is 51.4 Å². The average molecular weight is 267 g/mol. The van der Waals surface area contributed by atoms with E-state index in [1.54, 1.807) is 0 Å². The lowest BCUT2D eigenvalue weighted by molar-refractivity contribution is 0.0967. The van der Waals surface area contributed by atoms with Crippen LogP contribution in [0.2, 0.25) is 0 Å². The van der Waals surface area contributed by atoms with Crippen molar-refractivity contribution in [1.29, 1.82) is 0 Å². The highest BCUT2D eigenvalue weighted by atomic mass is 15.3. The number of piperazine rings is 1. The second-order valence-corrected chi connectivity index (χ2v) is 6.33. The Labute approximate surface area is 119 Å². The number of nitrogens with zero attached hydrogens (tertiary/aromatic N) is 2. The van der Waals surface area contributed by atoms with Crippen LogP contribution in [0.4, 0.5) is 0 Å². The third-order valence-corrected chi connectivity index (χ3v) is 4.90. The first-order chi connectivity index (χ1) is 9.40. The van der Waals surface area contributed by atoms with Crippen LogP contribution in [-0.2, 0) is 0 Å². The molecule has 0 bridgehead atoms. The van der Waals surface area contributed by atoms with E-state index in [1.807, 2.05) is 7.05 Å². The fourth-order valence-corrected chi connectivity index (χ4v) is 3.61. The van der Waals surface area contributed by atoms with Gasteiger partial charge in [0.2, 0.25) is 0 Å². The summed E-state index contributed by atoms with van der Waals surface area (Å²) in [6, 6.07) is 0.934. The summed E-state index contributed by atoms with van der Waals surface area (Å²) >= 11 is 0. The minimum atomic E-state index is 0.934. The molecule has 0 unspecified atom stereocenters. The van der Waals surface area contributed by atoms with Gasteiger partial charge in [-0.3, -0.25) is 4.90 Å². The van der Waals surface area contributed by atoms with Crippen molar-refractivity contribution < 1.29 is 0 Å². The second kappa shape index (κ2) is 8.93. The van der Waals surface area contributed by atoms with E-state index in [-0.39, 0.29) is 0 Å². The lowest BCUT2D eigenvalue weighted by atomic mass is 10.1. The molecule has 112 valence electrons. The van der Waals surface area contributed by atoms with Crippen molar-refractivity contribution in [3.63, 3.8) is 0 Å². The summed E-state index contributed by atoms with van der Waals surface area (Å²) in [5, 5.41) is 3.22. The van der Waals surface area contributed by atoms with Crippen LogP contribution in [0.3, 0.4) is 0 Å². The Morgan fingerprint density at radius 3 is 2.26 bits per heavy atom. The van der Waals surface area contributed by atoms with Gasteiger partial charge in [0.05, 0.1) is 0 Å². The lowest BCUT2D eigenvalue weighted by Gasteiger charge is -2.38. The van der Waals surface area contributed by atoms with Gasteiger partial charge in [-0.15, -0.1) is 0 Å². The topological polar surface area (TPSA) is 18.5 Å². The van der Waals surface area contributed by atoms with Crippen molar-refractivity contribution in [1.82, 2.24) is 15.1 Å². The number of unbranched alkanes of at least 4 members (excludes halogenated alkanes) is 3. The van der Waals surface area contributed by atoms with E-state index in [0.717, 1.165) is 6.04 Å². The number of hydrogen-bond donors (Lipinski definition) is 1. The summed E-state index contributed by atoms with van der Waals surface area (Å²) in [5.74, 6) is 0. The predicted molar refractivity (Wildman–Crippen MR) is 82.7 cm³/mol. The largest absolute Gasteiger partial charge is 0.320 e. The Hall–Kier alpha value is -0.120. The zero-order valence-corrected chi connectivity index (χ0v) is 12.9. The molecular weight excluding hydrogens is 234 g/mol. The molecule has 1 heterocycles. The fraction of sp³-hybridized carbons (Fsp3) is 1.00. The van der Waals surface area contributed by atoms with Crippen LogP contribution in [0, 0.1) is 0 Å². The molecule has 2 fully saturated rings. The molecule has 2 rings (SSSR count). The van der Waals surface area contributed by atoms with Crippen molar-refractivity contribution in [2.24, 2.45) is 0 Å². The van der Waals surface area contributed by atoms with Crippen LogP contribution >= 0.6 is 0 Å². The number of hydrogen-bond acceptors (Lipinski definition) is 3. The number of nitrogens with one attached hydrogen (secondary N) is 1. The van der Waals surface area contributed by atoms with Crippen molar-refractivity contribution in [3.8, 4) is 0 Å². The van der Waals surface area contributed by atoms with Crippen LogP contribution in [0.15, 0.2) is 0 Å². The third kappa shape index (κ3) is 5.41. The molecule has 2 aliphatic rings. The van der Waals surface area contributed by atoms with Gasteiger partial charge >= 0.3 is 0 Å². The van der Waals surface area contributed by atoms with Gasteiger partial charge in [-0.05, 0) is 45.8 Å². The van der Waals surface area contributed by atoms with Crippen LogP contribution < -0.4 is 5.32 Å². The van der Waals surface area contributed by atoms with Gasteiger partial charge in [-0.1, -0.05) is 25.7 Å². The molecule has 0 aromatic rings. The first kappa shape index (κ1) is 15.3. The van der Waals surface area contributed by atoms with Gasteiger partial charge in [0.25, 0.3) is 0 Å². The average Bonchev–Trinajstić information content (AvgIpc) is 2.97. The zero-order chi connectivity index (χ0) is 13.3. The molecule has 1 saturated heterocycles. The highest BCUT2D eigenvalue weighted by Gasteiger charge is 2.25. The molecule has 1 aliphatic carbocycles. The van der Waals surface area contributed by atoms with Crippen molar-refractivity contribution in [3.05, 3.63) is 0 Å². The molecule has 0 spiro atoms. The molecule has 0 atom stereocenters. The SMILES string of the molecule is CNCCCCCCN1CCN(C2CCCC2)CC1. The van der Waals surface area contributed by atoms with E-state index in [0.29, 0.717) is 0 Å². The van der Waals surface area contributed by atoms with Crippen molar-refractivity contribution >= 4 is 0 Å². The van der Waals surface area contributed by atoms with E-state index in [1.165, 1.54) is 90.6 Å². The fourth-order valence-electron chi connectivity index (χ4n) is 3.61. The summed E-state index contributed by atoms with van der Waals surface area (Å²) in [7, 11) is 2.05.